The van der Waals surface area contributed by atoms with Gasteiger partial charge in [0.1, 0.15) is 0 Å². The minimum atomic E-state index is -0.313. The van der Waals surface area contributed by atoms with Gasteiger partial charge in [-0.1, -0.05) is 37.6 Å². The Morgan fingerprint density at radius 3 is 2.64 bits per heavy atom. The molecular formula is C21H25ClN2O3S. The monoisotopic (exact) mass is 420 g/mol. The molecule has 0 aliphatic carbocycles. The highest BCUT2D eigenvalue weighted by Gasteiger charge is 2.10. The number of hydrogen-bond acceptors (Lipinski definition) is 4. The maximum Gasteiger partial charge on any atom is 0.257 e. The lowest BCUT2D eigenvalue weighted by Gasteiger charge is -2.14. The third kappa shape index (κ3) is 7.02. The Balaban J connectivity index is 1.89. The van der Waals surface area contributed by atoms with Crippen molar-refractivity contribution in [2.45, 2.75) is 26.8 Å². The van der Waals surface area contributed by atoms with Gasteiger partial charge < -0.3 is 14.8 Å². The number of thiocarbonyl (C=S) groups is 1. The molecule has 0 atom stereocenters. The fraction of sp³-hybridized carbons (Fsp3) is 0.333. The number of methoxy groups -OCH3 is 1. The van der Waals surface area contributed by atoms with E-state index in [0.717, 1.165) is 12.0 Å². The van der Waals surface area contributed by atoms with E-state index in [2.05, 4.69) is 24.5 Å². The summed E-state index contributed by atoms with van der Waals surface area (Å²) < 4.78 is 11.2. The van der Waals surface area contributed by atoms with Gasteiger partial charge in [0.15, 0.2) is 16.6 Å². The number of ether oxygens (including phenoxy) is 2. The lowest BCUT2D eigenvalue weighted by molar-refractivity contribution is 0.0976. The summed E-state index contributed by atoms with van der Waals surface area (Å²) in [6.07, 6.45) is 0.979. The summed E-state index contributed by atoms with van der Waals surface area (Å²) >= 11 is 11.1. The standard InChI is InChI=1S/C21H25ClN2O3S/c1-14(2)9-10-27-18-8-7-15(11-19(18)26-3)13-23-21(28)24-20(25)16-5-4-6-17(22)12-16/h4-8,11-12,14H,9-10,13H2,1-3H3,(H2,23,24,25,28). The highest BCUT2D eigenvalue weighted by molar-refractivity contribution is 7.80. The van der Waals surface area contributed by atoms with Crippen LogP contribution in [-0.2, 0) is 6.54 Å². The number of nitrogens with one attached hydrogen (secondary N) is 2. The SMILES string of the molecule is COc1cc(CNC(=S)NC(=O)c2cccc(Cl)c2)ccc1OCCC(C)C. The first-order chi connectivity index (χ1) is 13.4. The van der Waals surface area contributed by atoms with E-state index in [9.17, 15) is 4.79 Å². The molecule has 7 heteroatoms. The molecule has 0 aliphatic heterocycles. The summed E-state index contributed by atoms with van der Waals surface area (Å²) in [7, 11) is 1.61. The van der Waals surface area contributed by atoms with Gasteiger partial charge in [-0.25, -0.2) is 0 Å². The van der Waals surface area contributed by atoms with E-state index in [4.69, 9.17) is 33.3 Å². The van der Waals surface area contributed by atoms with E-state index < -0.39 is 0 Å². The molecule has 28 heavy (non-hydrogen) atoms. The van der Waals surface area contributed by atoms with Crippen molar-refractivity contribution in [1.82, 2.24) is 10.6 Å². The van der Waals surface area contributed by atoms with E-state index in [1.807, 2.05) is 18.2 Å². The molecule has 2 aromatic carbocycles. The summed E-state index contributed by atoms with van der Waals surface area (Å²) in [5.74, 6) is 1.64. The Morgan fingerprint density at radius 2 is 1.96 bits per heavy atom. The van der Waals surface area contributed by atoms with Crippen LogP contribution in [0.3, 0.4) is 0 Å². The van der Waals surface area contributed by atoms with E-state index in [1.165, 1.54) is 0 Å². The van der Waals surface area contributed by atoms with Crippen LogP contribution in [0.4, 0.5) is 0 Å². The summed E-state index contributed by atoms with van der Waals surface area (Å²) in [4.78, 5) is 12.2. The Hall–Kier alpha value is -2.31. The predicted octanol–water partition coefficient (Wildman–Crippen LogP) is 4.58. The highest BCUT2D eigenvalue weighted by Crippen LogP contribution is 2.28. The molecule has 0 heterocycles. The van der Waals surface area contributed by atoms with Gasteiger partial charge in [0, 0.05) is 17.1 Å². The molecule has 0 saturated heterocycles. The minimum absolute atomic E-state index is 0.237. The first-order valence-electron chi connectivity index (χ1n) is 9.03. The second kappa shape index (κ2) is 10.9. The zero-order valence-corrected chi connectivity index (χ0v) is 17.8. The maximum atomic E-state index is 12.2. The van der Waals surface area contributed by atoms with Crippen LogP contribution in [0.2, 0.25) is 5.02 Å². The van der Waals surface area contributed by atoms with Crippen LogP contribution in [0, 0.1) is 5.92 Å². The highest BCUT2D eigenvalue weighted by atomic mass is 35.5. The van der Waals surface area contributed by atoms with E-state index >= 15 is 0 Å². The summed E-state index contributed by atoms with van der Waals surface area (Å²) in [6, 6.07) is 12.4. The maximum absolute atomic E-state index is 12.2. The minimum Gasteiger partial charge on any atom is -0.493 e. The van der Waals surface area contributed by atoms with Crippen LogP contribution >= 0.6 is 23.8 Å². The molecule has 0 radical (unpaired) electrons. The van der Waals surface area contributed by atoms with Crippen LogP contribution in [0.25, 0.3) is 0 Å². The summed E-state index contributed by atoms with van der Waals surface area (Å²) in [5, 5.41) is 6.38. The van der Waals surface area contributed by atoms with Crippen molar-refractivity contribution in [2.24, 2.45) is 5.92 Å². The summed E-state index contributed by atoms with van der Waals surface area (Å²) in [6.45, 7) is 5.40. The average Bonchev–Trinajstić information content (AvgIpc) is 2.66. The largest absolute Gasteiger partial charge is 0.493 e. The topological polar surface area (TPSA) is 59.6 Å². The normalized spacial score (nSPS) is 10.5. The smallest absolute Gasteiger partial charge is 0.257 e. The zero-order chi connectivity index (χ0) is 20.5. The van der Waals surface area contributed by atoms with Gasteiger partial charge in [0.2, 0.25) is 0 Å². The fourth-order valence-electron chi connectivity index (χ4n) is 2.38. The van der Waals surface area contributed by atoms with Gasteiger partial charge in [-0.05, 0) is 60.5 Å². The van der Waals surface area contributed by atoms with Crippen LogP contribution in [-0.4, -0.2) is 24.7 Å². The van der Waals surface area contributed by atoms with Crippen molar-refractivity contribution < 1.29 is 14.3 Å². The molecule has 0 bridgehead atoms. The van der Waals surface area contributed by atoms with Crippen molar-refractivity contribution in [3.05, 3.63) is 58.6 Å². The van der Waals surface area contributed by atoms with Gasteiger partial charge in [0.05, 0.1) is 13.7 Å². The third-order valence-electron chi connectivity index (χ3n) is 3.95. The molecule has 5 nitrogen and oxygen atoms in total. The molecule has 0 saturated carbocycles. The molecule has 2 aromatic rings. The van der Waals surface area contributed by atoms with Crippen LogP contribution in [0.15, 0.2) is 42.5 Å². The second-order valence-corrected chi connectivity index (χ2v) is 7.51. The van der Waals surface area contributed by atoms with Crippen molar-refractivity contribution in [3.8, 4) is 11.5 Å². The first kappa shape index (κ1) is 22.0. The Bertz CT molecular complexity index is 827. The van der Waals surface area contributed by atoms with E-state index in [1.54, 1.807) is 31.4 Å². The molecule has 2 rings (SSSR count). The van der Waals surface area contributed by atoms with Gasteiger partial charge in [-0.15, -0.1) is 0 Å². The number of amides is 1. The summed E-state index contributed by atoms with van der Waals surface area (Å²) in [5.41, 5.74) is 1.40. The lowest BCUT2D eigenvalue weighted by atomic mass is 10.1. The van der Waals surface area contributed by atoms with Gasteiger partial charge in [0.25, 0.3) is 5.91 Å². The van der Waals surface area contributed by atoms with Crippen molar-refractivity contribution in [1.29, 1.82) is 0 Å². The molecule has 0 unspecified atom stereocenters. The predicted molar refractivity (Wildman–Crippen MR) is 116 cm³/mol. The molecule has 1 amide bonds. The number of hydrogen-bond donors (Lipinski definition) is 2. The van der Waals surface area contributed by atoms with Crippen LogP contribution in [0.1, 0.15) is 36.2 Å². The molecule has 2 N–H and O–H groups in total. The number of benzene rings is 2. The average molecular weight is 421 g/mol. The Morgan fingerprint density at radius 1 is 1.18 bits per heavy atom. The molecule has 0 aliphatic rings. The number of carbonyl (C=O) groups excluding carboxylic acids is 1. The number of rotatable bonds is 8. The fourth-order valence-corrected chi connectivity index (χ4v) is 2.73. The number of carbonyl (C=O) groups is 1. The lowest BCUT2D eigenvalue weighted by Crippen LogP contribution is -2.38. The molecule has 150 valence electrons. The second-order valence-electron chi connectivity index (χ2n) is 6.66. The molecule has 0 spiro atoms. The third-order valence-corrected chi connectivity index (χ3v) is 4.43. The van der Waals surface area contributed by atoms with Gasteiger partial charge in [-0.2, -0.15) is 0 Å². The van der Waals surface area contributed by atoms with Crippen molar-refractivity contribution in [2.75, 3.05) is 13.7 Å². The molecular weight excluding hydrogens is 396 g/mol. The van der Waals surface area contributed by atoms with Crippen LogP contribution < -0.4 is 20.1 Å². The van der Waals surface area contributed by atoms with Crippen LogP contribution in [0.5, 0.6) is 11.5 Å². The molecule has 0 fully saturated rings. The Labute approximate surface area is 176 Å². The Kier molecular flexibility index (Phi) is 8.54. The number of halogens is 1. The van der Waals surface area contributed by atoms with Gasteiger partial charge in [-0.3, -0.25) is 10.1 Å². The van der Waals surface area contributed by atoms with Gasteiger partial charge >= 0.3 is 0 Å². The molecule has 0 aromatic heterocycles. The van der Waals surface area contributed by atoms with Crippen molar-refractivity contribution >= 4 is 34.8 Å². The first-order valence-corrected chi connectivity index (χ1v) is 9.82. The van der Waals surface area contributed by atoms with Crippen molar-refractivity contribution in [3.63, 3.8) is 0 Å². The van der Waals surface area contributed by atoms with E-state index in [-0.39, 0.29) is 11.0 Å². The van der Waals surface area contributed by atoms with E-state index in [0.29, 0.717) is 41.2 Å². The quantitative estimate of drug-likeness (QED) is 0.612. The zero-order valence-electron chi connectivity index (χ0n) is 16.3.